The largest absolute Gasteiger partial charge is 0.494 e. The van der Waals surface area contributed by atoms with Gasteiger partial charge in [-0.05, 0) is 37.3 Å². The SMILES string of the molecule is CCOc1ccc2c(c1)sc(=S)n2C[NH+](C)Cc1ccccc1. The molecule has 0 spiro atoms. The molecule has 1 unspecified atom stereocenters. The molecule has 0 radical (unpaired) electrons. The van der Waals surface area contributed by atoms with E-state index in [9.17, 15) is 0 Å². The molecule has 3 rings (SSSR count). The molecule has 23 heavy (non-hydrogen) atoms. The maximum atomic E-state index is 5.58. The van der Waals surface area contributed by atoms with Crippen molar-refractivity contribution in [2.45, 2.75) is 20.1 Å². The van der Waals surface area contributed by atoms with Crippen molar-refractivity contribution in [1.29, 1.82) is 0 Å². The van der Waals surface area contributed by atoms with Crippen LogP contribution in [0.3, 0.4) is 0 Å². The van der Waals surface area contributed by atoms with E-state index in [0.29, 0.717) is 6.61 Å². The molecule has 0 saturated heterocycles. The van der Waals surface area contributed by atoms with E-state index in [-0.39, 0.29) is 0 Å². The Bertz CT molecular complexity index is 839. The number of aromatic nitrogens is 1. The van der Waals surface area contributed by atoms with Crippen LogP contribution in [0.5, 0.6) is 5.75 Å². The maximum absolute atomic E-state index is 5.58. The lowest BCUT2D eigenvalue weighted by Gasteiger charge is -2.15. The number of thiazole rings is 1. The number of benzene rings is 2. The predicted octanol–water partition coefficient (Wildman–Crippen LogP) is 3.50. The number of hydrogen-bond acceptors (Lipinski definition) is 3. The molecule has 0 aliphatic rings. The van der Waals surface area contributed by atoms with Crippen LogP contribution in [-0.4, -0.2) is 18.2 Å². The number of quaternary nitrogens is 1. The third-order valence-corrected chi connectivity index (χ3v) is 5.14. The summed E-state index contributed by atoms with van der Waals surface area (Å²) in [6.45, 7) is 4.53. The van der Waals surface area contributed by atoms with Crippen LogP contribution < -0.4 is 9.64 Å². The lowest BCUT2D eigenvalue weighted by atomic mass is 10.2. The van der Waals surface area contributed by atoms with Crippen molar-refractivity contribution in [2.75, 3.05) is 13.7 Å². The molecule has 5 heteroatoms. The molecule has 120 valence electrons. The molecule has 1 atom stereocenters. The van der Waals surface area contributed by atoms with E-state index >= 15 is 0 Å². The predicted molar refractivity (Wildman–Crippen MR) is 98.9 cm³/mol. The summed E-state index contributed by atoms with van der Waals surface area (Å²) in [6, 6.07) is 16.8. The Morgan fingerprint density at radius 3 is 2.70 bits per heavy atom. The van der Waals surface area contributed by atoms with Gasteiger partial charge >= 0.3 is 0 Å². The maximum Gasteiger partial charge on any atom is 0.166 e. The Hall–Kier alpha value is -1.69. The number of hydrogen-bond donors (Lipinski definition) is 1. The molecule has 0 amide bonds. The molecule has 3 nitrogen and oxygen atoms in total. The molecular weight excluding hydrogens is 324 g/mol. The van der Waals surface area contributed by atoms with Crippen LogP contribution in [0, 0.1) is 3.95 Å². The van der Waals surface area contributed by atoms with Gasteiger partial charge in [-0.15, -0.1) is 11.3 Å². The first kappa shape index (κ1) is 16.2. The lowest BCUT2D eigenvalue weighted by Crippen LogP contribution is -3.06. The van der Waals surface area contributed by atoms with E-state index in [2.05, 4.69) is 54.1 Å². The van der Waals surface area contributed by atoms with Gasteiger partial charge in [-0.3, -0.25) is 4.57 Å². The molecule has 1 aromatic heterocycles. The summed E-state index contributed by atoms with van der Waals surface area (Å²) >= 11 is 7.22. The minimum atomic E-state index is 0.682. The van der Waals surface area contributed by atoms with E-state index in [1.54, 1.807) is 11.3 Å². The van der Waals surface area contributed by atoms with Gasteiger partial charge in [0, 0.05) is 5.56 Å². The highest BCUT2D eigenvalue weighted by Crippen LogP contribution is 2.27. The van der Waals surface area contributed by atoms with Crippen LogP contribution in [0.4, 0.5) is 0 Å². The van der Waals surface area contributed by atoms with Crippen LogP contribution in [-0.2, 0) is 13.2 Å². The topological polar surface area (TPSA) is 18.6 Å². The van der Waals surface area contributed by atoms with Crippen molar-refractivity contribution >= 4 is 33.8 Å². The van der Waals surface area contributed by atoms with Crippen LogP contribution in [0.15, 0.2) is 48.5 Å². The van der Waals surface area contributed by atoms with Gasteiger partial charge in [0.15, 0.2) is 10.6 Å². The lowest BCUT2D eigenvalue weighted by molar-refractivity contribution is -0.916. The van der Waals surface area contributed by atoms with Crippen LogP contribution >= 0.6 is 23.6 Å². The zero-order chi connectivity index (χ0) is 16.2. The Labute approximate surface area is 145 Å². The second-order valence-electron chi connectivity index (χ2n) is 5.64. The van der Waals surface area contributed by atoms with Crippen molar-refractivity contribution in [2.24, 2.45) is 0 Å². The van der Waals surface area contributed by atoms with E-state index < -0.39 is 0 Å². The third kappa shape index (κ3) is 3.80. The molecular formula is C18H21N2OS2+. The average Bonchev–Trinajstić information content (AvgIpc) is 2.84. The average molecular weight is 346 g/mol. The first-order chi connectivity index (χ1) is 11.2. The van der Waals surface area contributed by atoms with E-state index in [0.717, 1.165) is 22.9 Å². The molecule has 2 aromatic carbocycles. The quantitative estimate of drug-likeness (QED) is 0.689. The first-order valence-electron chi connectivity index (χ1n) is 7.79. The summed E-state index contributed by atoms with van der Waals surface area (Å²) in [6.07, 6.45) is 0. The molecule has 0 fully saturated rings. The summed E-state index contributed by atoms with van der Waals surface area (Å²) in [7, 11) is 2.20. The highest BCUT2D eigenvalue weighted by molar-refractivity contribution is 7.73. The third-order valence-electron chi connectivity index (χ3n) is 3.73. The fourth-order valence-electron chi connectivity index (χ4n) is 2.72. The standard InChI is InChI=1S/C18H20N2OS2/c1-3-21-15-9-10-16-17(11-15)23-18(22)20(16)13-19(2)12-14-7-5-4-6-8-14/h4-11H,3,12-13H2,1-2H3/p+1. The highest BCUT2D eigenvalue weighted by atomic mass is 32.1. The molecule has 3 aromatic rings. The Kier molecular flexibility index (Phi) is 5.10. The summed E-state index contributed by atoms with van der Waals surface area (Å²) < 4.78 is 9.91. The van der Waals surface area contributed by atoms with Gasteiger partial charge in [-0.2, -0.15) is 0 Å². The fourth-order valence-corrected chi connectivity index (χ4v) is 4.07. The van der Waals surface area contributed by atoms with Crippen molar-refractivity contribution in [3.8, 4) is 5.75 Å². The number of ether oxygens (including phenoxy) is 1. The van der Waals surface area contributed by atoms with Gasteiger partial charge < -0.3 is 9.64 Å². The van der Waals surface area contributed by atoms with Crippen LogP contribution in [0.2, 0.25) is 0 Å². The molecule has 0 aliphatic carbocycles. The van der Waals surface area contributed by atoms with Gasteiger partial charge in [0.1, 0.15) is 12.3 Å². The number of rotatable bonds is 6. The zero-order valence-electron chi connectivity index (χ0n) is 13.4. The number of fused-ring (bicyclic) bond motifs is 1. The van der Waals surface area contributed by atoms with Crippen molar-refractivity contribution < 1.29 is 9.64 Å². The second kappa shape index (κ2) is 7.25. The summed E-state index contributed by atoms with van der Waals surface area (Å²) in [4.78, 5) is 1.40. The van der Waals surface area contributed by atoms with E-state index in [1.165, 1.54) is 20.7 Å². The van der Waals surface area contributed by atoms with Crippen LogP contribution in [0.25, 0.3) is 10.2 Å². The van der Waals surface area contributed by atoms with Gasteiger partial charge in [0.25, 0.3) is 0 Å². The monoisotopic (exact) mass is 345 g/mol. The minimum absolute atomic E-state index is 0.682. The smallest absolute Gasteiger partial charge is 0.166 e. The first-order valence-corrected chi connectivity index (χ1v) is 9.01. The number of nitrogens with zero attached hydrogens (tertiary/aromatic N) is 1. The van der Waals surface area contributed by atoms with Gasteiger partial charge in [-0.1, -0.05) is 30.3 Å². The summed E-state index contributed by atoms with van der Waals surface area (Å²) in [5.74, 6) is 0.911. The van der Waals surface area contributed by atoms with E-state index in [1.807, 2.05) is 13.0 Å². The molecule has 0 bridgehead atoms. The van der Waals surface area contributed by atoms with E-state index in [4.69, 9.17) is 17.0 Å². The van der Waals surface area contributed by atoms with Crippen molar-refractivity contribution in [1.82, 2.24) is 4.57 Å². The minimum Gasteiger partial charge on any atom is -0.494 e. The van der Waals surface area contributed by atoms with Gasteiger partial charge in [0.2, 0.25) is 0 Å². The highest BCUT2D eigenvalue weighted by Gasteiger charge is 2.11. The van der Waals surface area contributed by atoms with Gasteiger partial charge in [-0.25, -0.2) is 0 Å². The fraction of sp³-hybridized carbons (Fsp3) is 0.278. The molecule has 1 heterocycles. The zero-order valence-corrected chi connectivity index (χ0v) is 15.0. The normalized spacial score (nSPS) is 12.4. The van der Waals surface area contributed by atoms with Gasteiger partial charge in [0.05, 0.1) is 23.9 Å². The van der Waals surface area contributed by atoms with Crippen LogP contribution in [0.1, 0.15) is 12.5 Å². The Balaban J connectivity index is 1.82. The van der Waals surface area contributed by atoms with Crippen molar-refractivity contribution in [3.63, 3.8) is 0 Å². The Morgan fingerprint density at radius 2 is 1.96 bits per heavy atom. The summed E-state index contributed by atoms with van der Waals surface area (Å²) in [5.41, 5.74) is 2.53. The second-order valence-corrected chi connectivity index (χ2v) is 7.31. The Morgan fingerprint density at radius 1 is 1.17 bits per heavy atom. The molecule has 0 aliphatic heterocycles. The molecule has 1 N–H and O–H groups in total. The molecule has 0 saturated carbocycles. The van der Waals surface area contributed by atoms with Crippen molar-refractivity contribution in [3.05, 3.63) is 58.0 Å². The summed E-state index contributed by atoms with van der Waals surface area (Å²) in [5, 5.41) is 0. The number of nitrogens with one attached hydrogen (secondary N) is 1.